The fraction of sp³-hybridized carbons (Fsp3) is 0.556. The normalized spacial score (nSPS) is 15.9. The molecule has 1 aliphatic rings. The van der Waals surface area contributed by atoms with E-state index in [1.165, 1.54) is 0 Å². The van der Waals surface area contributed by atoms with Gasteiger partial charge in [0.05, 0.1) is 25.1 Å². The lowest BCUT2D eigenvalue weighted by Crippen LogP contribution is -2.35. The lowest BCUT2D eigenvalue weighted by atomic mass is 10.3. The first-order valence-corrected chi connectivity index (χ1v) is 4.75. The van der Waals surface area contributed by atoms with Gasteiger partial charge in [-0.25, -0.2) is 4.98 Å². The molecule has 0 fully saturated rings. The Kier molecular flexibility index (Phi) is 2.39. The molecule has 76 valence electrons. The Morgan fingerprint density at radius 3 is 3.07 bits per heavy atom. The zero-order valence-corrected chi connectivity index (χ0v) is 8.54. The molecule has 0 spiro atoms. The van der Waals surface area contributed by atoms with Crippen LogP contribution in [-0.4, -0.2) is 41.0 Å². The minimum Gasteiger partial charge on any atom is -0.351 e. The van der Waals surface area contributed by atoms with Gasteiger partial charge in [0.2, 0.25) is 0 Å². The number of rotatable bonds is 2. The first-order chi connectivity index (χ1) is 6.77. The van der Waals surface area contributed by atoms with Crippen LogP contribution in [0.25, 0.3) is 0 Å². The zero-order valence-electron chi connectivity index (χ0n) is 8.54. The Hall–Kier alpha value is -1.52. The van der Waals surface area contributed by atoms with Gasteiger partial charge in [-0.15, -0.1) is 0 Å². The maximum atomic E-state index is 4.34. The summed E-state index contributed by atoms with van der Waals surface area (Å²) in [5.74, 6) is 0.965. The third kappa shape index (κ3) is 1.71. The highest BCUT2D eigenvalue weighted by atomic mass is 15.3. The highest BCUT2D eigenvalue weighted by Gasteiger charge is 2.12. The van der Waals surface area contributed by atoms with Gasteiger partial charge in [-0.05, 0) is 6.92 Å². The number of guanidine groups is 1. The zero-order chi connectivity index (χ0) is 9.97. The lowest BCUT2D eigenvalue weighted by Gasteiger charge is -2.14. The summed E-state index contributed by atoms with van der Waals surface area (Å²) >= 11 is 0. The van der Waals surface area contributed by atoms with Crippen LogP contribution in [0.2, 0.25) is 0 Å². The summed E-state index contributed by atoms with van der Waals surface area (Å²) in [6, 6.07) is 0. The third-order valence-corrected chi connectivity index (χ3v) is 2.41. The maximum absolute atomic E-state index is 4.34. The summed E-state index contributed by atoms with van der Waals surface area (Å²) in [5, 5.41) is 3.27. The Bertz CT molecular complexity index is 341. The predicted molar refractivity (Wildman–Crippen MR) is 55.1 cm³/mol. The van der Waals surface area contributed by atoms with Crippen LogP contribution in [0.3, 0.4) is 0 Å². The van der Waals surface area contributed by atoms with Crippen LogP contribution in [0.4, 0.5) is 0 Å². The van der Waals surface area contributed by atoms with Crippen molar-refractivity contribution in [3.05, 3.63) is 17.7 Å². The number of H-pyrrole nitrogens is 1. The van der Waals surface area contributed by atoms with Crippen LogP contribution < -0.4 is 5.32 Å². The second kappa shape index (κ2) is 3.69. The molecule has 0 unspecified atom stereocenters. The van der Waals surface area contributed by atoms with Crippen molar-refractivity contribution in [2.75, 3.05) is 20.1 Å². The summed E-state index contributed by atoms with van der Waals surface area (Å²) in [7, 11) is 2.04. The highest BCUT2D eigenvalue weighted by Crippen LogP contribution is 2.01. The largest absolute Gasteiger partial charge is 0.351 e. The van der Waals surface area contributed by atoms with Gasteiger partial charge in [0.15, 0.2) is 5.96 Å². The molecule has 0 atom stereocenters. The van der Waals surface area contributed by atoms with E-state index >= 15 is 0 Å². The number of likely N-dealkylation sites (N-methyl/N-ethyl adjacent to an activating group) is 1. The van der Waals surface area contributed by atoms with E-state index < -0.39 is 0 Å². The van der Waals surface area contributed by atoms with E-state index in [2.05, 4.69) is 25.2 Å². The number of aryl methyl sites for hydroxylation is 1. The molecule has 0 bridgehead atoms. The van der Waals surface area contributed by atoms with Crippen molar-refractivity contribution >= 4 is 5.96 Å². The molecule has 0 radical (unpaired) electrons. The van der Waals surface area contributed by atoms with Crippen molar-refractivity contribution in [2.45, 2.75) is 13.5 Å². The molecular weight excluding hydrogens is 178 g/mol. The second-order valence-corrected chi connectivity index (χ2v) is 3.45. The molecule has 5 nitrogen and oxygen atoms in total. The average Bonchev–Trinajstić information content (AvgIpc) is 2.72. The van der Waals surface area contributed by atoms with Crippen molar-refractivity contribution in [3.63, 3.8) is 0 Å². The van der Waals surface area contributed by atoms with Crippen LogP contribution in [0.5, 0.6) is 0 Å². The highest BCUT2D eigenvalue weighted by molar-refractivity contribution is 5.81. The fourth-order valence-electron chi connectivity index (χ4n) is 1.45. The molecule has 0 aliphatic carbocycles. The van der Waals surface area contributed by atoms with Gasteiger partial charge in [0.25, 0.3) is 0 Å². The van der Waals surface area contributed by atoms with Crippen molar-refractivity contribution in [1.29, 1.82) is 0 Å². The summed E-state index contributed by atoms with van der Waals surface area (Å²) in [6.45, 7) is 4.64. The van der Waals surface area contributed by atoms with Crippen LogP contribution >= 0.6 is 0 Å². The van der Waals surface area contributed by atoms with Crippen molar-refractivity contribution in [3.8, 4) is 0 Å². The van der Waals surface area contributed by atoms with Gasteiger partial charge in [0, 0.05) is 19.3 Å². The van der Waals surface area contributed by atoms with E-state index in [0.29, 0.717) is 0 Å². The number of nitrogens with one attached hydrogen (secondary N) is 2. The molecule has 1 aromatic rings. The topological polar surface area (TPSA) is 56.3 Å². The van der Waals surface area contributed by atoms with E-state index in [1.54, 1.807) is 6.33 Å². The van der Waals surface area contributed by atoms with Gasteiger partial charge in [0.1, 0.15) is 0 Å². The van der Waals surface area contributed by atoms with E-state index in [0.717, 1.165) is 37.0 Å². The third-order valence-electron chi connectivity index (χ3n) is 2.41. The van der Waals surface area contributed by atoms with E-state index in [9.17, 15) is 0 Å². The Balaban J connectivity index is 1.92. The standard InChI is InChI=1S/C9H15N5/c1-7-8(13-6-12-7)5-11-9-10-3-4-14(9)2/h6H,3-5H2,1-2H3,(H,10,11)(H,12,13). The molecular formula is C9H15N5. The molecule has 5 heteroatoms. The minimum atomic E-state index is 0.735. The molecule has 1 aromatic heterocycles. The van der Waals surface area contributed by atoms with Crippen molar-refractivity contribution in [1.82, 2.24) is 20.2 Å². The fourth-order valence-corrected chi connectivity index (χ4v) is 1.45. The smallest absolute Gasteiger partial charge is 0.194 e. The molecule has 14 heavy (non-hydrogen) atoms. The number of aromatic amines is 1. The van der Waals surface area contributed by atoms with Crippen LogP contribution in [0.1, 0.15) is 11.4 Å². The van der Waals surface area contributed by atoms with Gasteiger partial charge >= 0.3 is 0 Å². The number of hydrogen-bond donors (Lipinski definition) is 2. The number of nitrogens with zero attached hydrogens (tertiary/aromatic N) is 3. The maximum Gasteiger partial charge on any atom is 0.194 e. The molecule has 0 saturated heterocycles. The van der Waals surface area contributed by atoms with Gasteiger partial charge < -0.3 is 15.2 Å². The second-order valence-electron chi connectivity index (χ2n) is 3.45. The van der Waals surface area contributed by atoms with Gasteiger partial charge in [-0.3, -0.25) is 4.99 Å². The Morgan fingerprint density at radius 2 is 2.50 bits per heavy atom. The van der Waals surface area contributed by atoms with E-state index in [-0.39, 0.29) is 0 Å². The summed E-state index contributed by atoms with van der Waals surface area (Å²) in [6.07, 6.45) is 1.71. The van der Waals surface area contributed by atoms with Crippen LogP contribution in [0, 0.1) is 6.92 Å². The number of hydrogen-bond acceptors (Lipinski definition) is 4. The molecule has 1 aliphatic heterocycles. The molecule has 2 rings (SSSR count). The molecule has 0 aromatic carbocycles. The first kappa shape index (κ1) is 9.05. The van der Waals surface area contributed by atoms with E-state index in [4.69, 9.17) is 0 Å². The lowest BCUT2D eigenvalue weighted by molar-refractivity contribution is 0.533. The molecule has 2 N–H and O–H groups in total. The molecule has 0 amide bonds. The Morgan fingerprint density at radius 1 is 1.64 bits per heavy atom. The van der Waals surface area contributed by atoms with Crippen LogP contribution in [0.15, 0.2) is 11.3 Å². The summed E-state index contributed by atoms with van der Waals surface area (Å²) < 4.78 is 0. The first-order valence-electron chi connectivity index (χ1n) is 4.75. The Labute approximate surface area is 83.2 Å². The average molecular weight is 193 g/mol. The number of aromatic nitrogens is 2. The quantitative estimate of drug-likeness (QED) is 0.701. The monoisotopic (exact) mass is 193 g/mol. The van der Waals surface area contributed by atoms with Crippen molar-refractivity contribution < 1.29 is 0 Å². The number of imidazole rings is 1. The predicted octanol–water partition coefficient (Wildman–Crippen LogP) is 0.109. The summed E-state index contributed by atoms with van der Waals surface area (Å²) in [4.78, 5) is 13.7. The molecule has 0 saturated carbocycles. The SMILES string of the molecule is Cc1[nH]cnc1CNC1=NCCN1C. The van der Waals surface area contributed by atoms with Gasteiger partial charge in [-0.1, -0.05) is 0 Å². The van der Waals surface area contributed by atoms with Crippen molar-refractivity contribution in [2.24, 2.45) is 4.99 Å². The minimum absolute atomic E-state index is 0.735. The summed E-state index contributed by atoms with van der Waals surface area (Å²) in [5.41, 5.74) is 2.16. The molecule has 2 heterocycles. The van der Waals surface area contributed by atoms with E-state index in [1.807, 2.05) is 14.0 Å². The van der Waals surface area contributed by atoms with Crippen LogP contribution in [-0.2, 0) is 6.54 Å². The van der Waals surface area contributed by atoms with Gasteiger partial charge in [-0.2, -0.15) is 0 Å². The number of aliphatic imine (C=N–C) groups is 1.